The first-order valence-corrected chi connectivity index (χ1v) is 6.11. The number of hydrazine groups is 1. The summed E-state index contributed by atoms with van der Waals surface area (Å²) in [7, 11) is 0. The second-order valence-corrected chi connectivity index (χ2v) is 4.28. The lowest BCUT2D eigenvalue weighted by Gasteiger charge is -2.13. The molecule has 1 aromatic carbocycles. The number of ether oxygens (including phenoxy) is 1. The van der Waals surface area contributed by atoms with E-state index < -0.39 is 24.9 Å². The quantitative estimate of drug-likeness (QED) is 0.467. The van der Waals surface area contributed by atoms with Crippen LogP contribution >= 0.6 is 0 Å². The van der Waals surface area contributed by atoms with Crippen molar-refractivity contribution in [2.75, 3.05) is 13.2 Å². The fraction of sp³-hybridized carbons (Fsp3) is 0.385. The van der Waals surface area contributed by atoms with Crippen molar-refractivity contribution < 1.29 is 22.3 Å². The number of para-hydroxylation sites is 1. The van der Waals surface area contributed by atoms with E-state index in [2.05, 4.69) is 5.43 Å². The average molecular weight is 288 g/mol. The van der Waals surface area contributed by atoms with Crippen LogP contribution in [-0.4, -0.2) is 19.6 Å². The summed E-state index contributed by atoms with van der Waals surface area (Å²) in [6.45, 7) is -0.523. The van der Waals surface area contributed by atoms with Gasteiger partial charge in [-0.15, -0.1) is 0 Å². The van der Waals surface area contributed by atoms with Crippen molar-refractivity contribution in [2.45, 2.75) is 18.9 Å². The van der Waals surface area contributed by atoms with Crippen LogP contribution in [0, 0.1) is 5.82 Å². The number of benzene rings is 1. The molecule has 1 atom stereocenters. The highest BCUT2D eigenvalue weighted by Crippen LogP contribution is 2.27. The Hall–Kier alpha value is -1.57. The molecule has 0 aliphatic rings. The molecule has 4 nitrogen and oxygen atoms in total. The Morgan fingerprint density at radius 3 is 2.80 bits per heavy atom. The molecule has 0 aliphatic carbocycles. The zero-order valence-electron chi connectivity index (χ0n) is 10.6. The fourth-order valence-electron chi connectivity index (χ4n) is 1.90. The topological polar surface area (TPSA) is 60.4 Å². The molecule has 0 amide bonds. The Balaban J connectivity index is 2.04. The maximum absolute atomic E-state index is 13.5. The first-order valence-electron chi connectivity index (χ1n) is 6.11. The summed E-state index contributed by atoms with van der Waals surface area (Å²) in [6, 6.07) is 5.82. The molecular weight excluding hydrogens is 273 g/mol. The molecule has 0 bridgehead atoms. The first-order chi connectivity index (χ1) is 9.61. The monoisotopic (exact) mass is 288 g/mol. The van der Waals surface area contributed by atoms with E-state index in [1.807, 2.05) is 0 Å². The second kappa shape index (κ2) is 6.74. The molecule has 0 fully saturated rings. The van der Waals surface area contributed by atoms with Gasteiger partial charge in [-0.25, -0.2) is 18.6 Å². The van der Waals surface area contributed by atoms with E-state index in [9.17, 15) is 13.2 Å². The Kier molecular flexibility index (Phi) is 4.99. The summed E-state index contributed by atoms with van der Waals surface area (Å²) in [5.41, 5.74) is 2.65. The number of fused-ring (bicyclic) bond motifs is 1. The van der Waals surface area contributed by atoms with Crippen molar-refractivity contribution in [1.29, 1.82) is 0 Å². The SMILES string of the molecule is NNC(CCOCC(F)F)c1cc2cccc(F)c2o1. The average Bonchev–Trinajstić information content (AvgIpc) is 2.84. The number of rotatable bonds is 7. The molecular formula is C13H15F3N2O2. The highest BCUT2D eigenvalue weighted by Gasteiger charge is 2.16. The van der Waals surface area contributed by atoms with Gasteiger partial charge < -0.3 is 9.15 Å². The van der Waals surface area contributed by atoms with Crippen LogP contribution in [0.25, 0.3) is 11.0 Å². The summed E-state index contributed by atoms with van der Waals surface area (Å²) in [5, 5.41) is 0.619. The molecule has 0 spiro atoms. The largest absolute Gasteiger partial charge is 0.456 e. The third-order valence-electron chi connectivity index (χ3n) is 2.85. The Bertz CT molecular complexity index is 560. The van der Waals surface area contributed by atoms with Gasteiger partial charge in [-0.05, 0) is 18.6 Å². The van der Waals surface area contributed by atoms with E-state index in [0.717, 1.165) is 0 Å². The summed E-state index contributed by atoms with van der Waals surface area (Å²) in [5.74, 6) is 5.38. The van der Waals surface area contributed by atoms with E-state index in [1.165, 1.54) is 6.07 Å². The number of nitrogens with one attached hydrogen (secondary N) is 1. The number of nitrogens with two attached hydrogens (primary N) is 1. The molecule has 0 radical (unpaired) electrons. The molecule has 0 aliphatic heterocycles. The first kappa shape index (κ1) is 14.8. The van der Waals surface area contributed by atoms with Gasteiger partial charge in [-0.1, -0.05) is 12.1 Å². The third kappa shape index (κ3) is 3.50. The van der Waals surface area contributed by atoms with E-state index >= 15 is 0 Å². The molecule has 1 heterocycles. The smallest absolute Gasteiger partial charge is 0.261 e. The lowest BCUT2D eigenvalue weighted by Crippen LogP contribution is -2.28. The zero-order valence-corrected chi connectivity index (χ0v) is 10.6. The summed E-state index contributed by atoms with van der Waals surface area (Å²) in [4.78, 5) is 0. The molecule has 3 N–H and O–H groups in total. The highest BCUT2D eigenvalue weighted by molar-refractivity contribution is 5.78. The maximum Gasteiger partial charge on any atom is 0.261 e. The van der Waals surface area contributed by atoms with Gasteiger partial charge in [-0.3, -0.25) is 5.84 Å². The normalized spacial score (nSPS) is 13.2. The van der Waals surface area contributed by atoms with Crippen LogP contribution in [0.2, 0.25) is 0 Å². The molecule has 0 saturated carbocycles. The van der Waals surface area contributed by atoms with Crippen LogP contribution < -0.4 is 11.3 Å². The number of hydrogen-bond acceptors (Lipinski definition) is 4. The summed E-state index contributed by atoms with van der Waals surface area (Å²) < 4.78 is 47.5. The van der Waals surface area contributed by atoms with Gasteiger partial charge in [-0.2, -0.15) is 0 Å². The van der Waals surface area contributed by atoms with Gasteiger partial charge in [0.15, 0.2) is 11.4 Å². The number of furan rings is 1. The molecule has 7 heteroatoms. The lowest BCUT2D eigenvalue weighted by atomic mass is 10.1. The molecule has 20 heavy (non-hydrogen) atoms. The number of halogens is 3. The summed E-state index contributed by atoms with van der Waals surface area (Å²) in [6.07, 6.45) is -2.16. The third-order valence-corrected chi connectivity index (χ3v) is 2.85. The van der Waals surface area contributed by atoms with Gasteiger partial charge in [0.05, 0.1) is 6.04 Å². The van der Waals surface area contributed by atoms with Crippen molar-refractivity contribution in [3.63, 3.8) is 0 Å². The van der Waals surface area contributed by atoms with Crippen LogP contribution in [0.15, 0.2) is 28.7 Å². The van der Waals surface area contributed by atoms with Gasteiger partial charge >= 0.3 is 0 Å². The number of hydrogen-bond donors (Lipinski definition) is 2. The predicted octanol–water partition coefficient (Wildman–Crippen LogP) is 2.75. The van der Waals surface area contributed by atoms with Crippen molar-refractivity contribution in [3.05, 3.63) is 35.8 Å². The molecule has 110 valence electrons. The minimum atomic E-state index is -2.50. The van der Waals surface area contributed by atoms with E-state index in [-0.39, 0.29) is 12.2 Å². The van der Waals surface area contributed by atoms with Crippen molar-refractivity contribution in [2.24, 2.45) is 5.84 Å². The van der Waals surface area contributed by atoms with E-state index in [4.69, 9.17) is 15.0 Å². The predicted molar refractivity (Wildman–Crippen MR) is 67.7 cm³/mol. The van der Waals surface area contributed by atoms with Crippen molar-refractivity contribution in [1.82, 2.24) is 5.43 Å². The summed E-state index contributed by atoms with van der Waals surface area (Å²) >= 11 is 0. The van der Waals surface area contributed by atoms with Crippen LogP contribution in [0.4, 0.5) is 13.2 Å². The second-order valence-electron chi connectivity index (χ2n) is 4.28. The maximum atomic E-state index is 13.5. The molecule has 2 rings (SSSR count). The van der Waals surface area contributed by atoms with E-state index in [0.29, 0.717) is 17.6 Å². The minimum Gasteiger partial charge on any atom is -0.456 e. The molecule has 0 saturated heterocycles. The van der Waals surface area contributed by atoms with Crippen LogP contribution in [0.5, 0.6) is 0 Å². The molecule has 2 aromatic rings. The van der Waals surface area contributed by atoms with E-state index in [1.54, 1.807) is 18.2 Å². The van der Waals surface area contributed by atoms with Crippen LogP contribution in [0.1, 0.15) is 18.2 Å². The standard InChI is InChI=1S/C13H15F3N2O2/c14-9-3-1-2-8-6-11(20-13(8)9)10(18-17)4-5-19-7-12(15)16/h1-3,6,10,12,18H,4-5,7,17H2. The van der Waals surface area contributed by atoms with Crippen molar-refractivity contribution >= 4 is 11.0 Å². The van der Waals surface area contributed by atoms with Gasteiger partial charge in [0, 0.05) is 12.0 Å². The van der Waals surface area contributed by atoms with Gasteiger partial charge in [0.2, 0.25) is 0 Å². The van der Waals surface area contributed by atoms with Gasteiger partial charge in [0.1, 0.15) is 12.4 Å². The van der Waals surface area contributed by atoms with Gasteiger partial charge in [0.25, 0.3) is 6.43 Å². The molecule has 1 unspecified atom stereocenters. The molecule has 1 aromatic heterocycles. The minimum absolute atomic E-state index is 0.0960. The highest BCUT2D eigenvalue weighted by atomic mass is 19.3. The Morgan fingerprint density at radius 2 is 2.15 bits per heavy atom. The fourth-order valence-corrected chi connectivity index (χ4v) is 1.90. The van der Waals surface area contributed by atoms with Crippen molar-refractivity contribution in [3.8, 4) is 0 Å². The Labute approximate surface area is 113 Å². The zero-order chi connectivity index (χ0) is 14.5. The Morgan fingerprint density at radius 1 is 1.35 bits per heavy atom. The number of alkyl halides is 2. The van der Waals surface area contributed by atoms with Crippen LogP contribution in [-0.2, 0) is 4.74 Å². The lowest BCUT2D eigenvalue weighted by molar-refractivity contribution is 0.0139. The van der Waals surface area contributed by atoms with Crippen LogP contribution in [0.3, 0.4) is 0 Å².